The van der Waals surface area contributed by atoms with Gasteiger partial charge in [-0.15, -0.1) is 0 Å². The van der Waals surface area contributed by atoms with Crippen LogP contribution in [-0.4, -0.2) is 61.0 Å². The van der Waals surface area contributed by atoms with Gasteiger partial charge in [-0.25, -0.2) is 4.79 Å². The number of aromatic amines is 1. The highest BCUT2D eigenvalue weighted by Gasteiger charge is 2.16. The van der Waals surface area contributed by atoms with Gasteiger partial charge >= 0.3 is 6.03 Å². The molecule has 2 heterocycles. The molecular formula is C17H23N5O2. The molecule has 1 atom stereocenters. The molecule has 0 spiro atoms. The van der Waals surface area contributed by atoms with Crippen molar-refractivity contribution in [1.29, 1.82) is 0 Å². The van der Waals surface area contributed by atoms with E-state index in [9.17, 15) is 4.79 Å². The van der Waals surface area contributed by atoms with E-state index in [2.05, 4.69) is 32.8 Å². The van der Waals surface area contributed by atoms with Crippen molar-refractivity contribution in [2.75, 3.05) is 45.2 Å². The summed E-state index contributed by atoms with van der Waals surface area (Å²) in [6.45, 7) is 3.88. The van der Waals surface area contributed by atoms with Gasteiger partial charge in [0.15, 0.2) is 0 Å². The summed E-state index contributed by atoms with van der Waals surface area (Å²) >= 11 is 0. The summed E-state index contributed by atoms with van der Waals surface area (Å²) in [6.07, 6.45) is 1.70. The number of hydrogen-bond donors (Lipinski definition) is 3. The third-order valence-electron chi connectivity index (χ3n) is 4.02. The number of rotatable bonds is 4. The molecule has 7 heteroatoms. The number of benzene rings is 1. The lowest BCUT2D eigenvalue weighted by Gasteiger charge is -2.19. The van der Waals surface area contributed by atoms with E-state index in [-0.39, 0.29) is 6.03 Å². The van der Waals surface area contributed by atoms with Crippen molar-refractivity contribution >= 4 is 11.7 Å². The van der Waals surface area contributed by atoms with Crippen LogP contribution in [-0.2, 0) is 4.74 Å². The van der Waals surface area contributed by atoms with Crippen LogP contribution in [0.25, 0.3) is 11.3 Å². The number of aromatic nitrogens is 2. The molecule has 0 bridgehead atoms. The van der Waals surface area contributed by atoms with Crippen LogP contribution in [0.5, 0.6) is 0 Å². The second-order valence-corrected chi connectivity index (χ2v) is 6.09. The van der Waals surface area contributed by atoms with Crippen molar-refractivity contribution in [3.05, 3.63) is 36.5 Å². The van der Waals surface area contributed by atoms with Crippen molar-refractivity contribution in [3.63, 3.8) is 0 Å². The van der Waals surface area contributed by atoms with Crippen LogP contribution in [0.3, 0.4) is 0 Å². The van der Waals surface area contributed by atoms with Gasteiger partial charge < -0.3 is 20.3 Å². The van der Waals surface area contributed by atoms with E-state index in [1.54, 1.807) is 6.20 Å². The molecular weight excluding hydrogens is 306 g/mol. The first-order valence-corrected chi connectivity index (χ1v) is 8.11. The molecule has 7 nitrogen and oxygen atoms in total. The maximum Gasteiger partial charge on any atom is 0.319 e. The number of urea groups is 1. The molecule has 1 aliphatic rings. The van der Waals surface area contributed by atoms with Crippen molar-refractivity contribution in [3.8, 4) is 11.3 Å². The molecule has 1 aromatic carbocycles. The highest BCUT2D eigenvalue weighted by atomic mass is 16.5. The molecule has 1 unspecified atom stereocenters. The smallest absolute Gasteiger partial charge is 0.319 e. The summed E-state index contributed by atoms with van der Waals surface area (Å²) in [6, 6.07) is 9.33. The summed E-state index contributed by atoms with van der Waals surface area (Å²) in [5.74, 6) is 0.305. The summed E-state index contributed by atoms with van der Waals surface area (Å²) in [5.41, 5.74) is 2.63. The van der Waals surface area contributed by atoms with E-state index in [4.69, 9.17) is 4.74 Å². The second kappa shape index (κ2) is 7.94. The maximum absolute atomic E-state index is 12.1. The first-order valence-electron chi connectivity index (χ1n) is 8.11. The largest absolute Gasteiger partial charge is 0.380 e. The van der Waals surface area contributed by atoms with Gasteiger partial charge in [-0.2, -0.15) is 5.10 Å². The number of hydrogen-bond acceptors (Lipinski definition) is 4. The number of carbonyl (C=O) groups is 1. The summed E-state index contributed by atoms with van der Waals surface area (Å²) in [4.78, 5) is 14.4. The Morgan fingerprint density at radius 3 is 3.21 bits per heavy atom. The molecule has 2 amide bonds. The third-order valence-corrected chi connectivity index (χ3v) is 4.02. The van der Waals surface area contributed by atoms with Crippen molar-refractivity contribution in [1.82, 2.24) is 20.4 Å². The lowest BCUT2D eigenvalue weighted by atomic mass is 10.1. The highest BCUT2D eigenvalue weighted by molar-refractivity contribution is 5.90. The van der Waals surface area contributed by atoms with Crippen molar-refractivity contribution in [2.45, 2.75) is 0 Å². The second-order valence-electron chi connectivity index (χ2n) is 6.09. The zero-order valence-electron chi connectivity index (χ0n) is 13.8. The van der Waals surface area contributed by atoms with E-state index < -0.39 is 0 Å². The van der Waals surface area contributed by atoms with Gasteiger partial charge in [-0.05, 0) is 25.2 Å². The Balaban J connectivity index is 1.52. The number of nitrogens with one attached hydrogen (secondary N) is 3. The molecule has 3 N–H and O–H groups in total. The van der Waals surface area contributed by atoms with Crippen LogP contribution < -0.4 is 10.6 Å². The molecule has 0 radical (unpaired) electrons. The fraction of sp³-hybridized carbons (Fsp3) is 0.412. The first kappa shape index (κ1) is 16.5. The SMILES string of the molecule is CN1CCOCC(CNC(=O)Nc2cccc(-c3ccn[nH]3)c2)C1. The van der Waals surface area contributed by atoms with Gasteiger partial charge in [0.25, 0.3) is 0 Å². The van der Waals surface area contributed by atoms with Gasteiger partial charge in [0.05, 0.1) is 18.9 Å². The Labute approximate surface area is 141 Å². The van der Waals surface area contributed by atoms with Crippen LogP contribution in [0.4, 0.5) is 10.5 Å². The molecule has 1 fully saturated rings. The molecule has 1 aromatic heterocycles. The topological polar surface area (TPSA) is 82.3 Å². The summed E-state index contributed by atoms with van der Waals surface area (Å²) in [5, 5.41) is 12.7. The Morgan fingerprint density at radius 2 is 2.38 bits per heavy atom. The Kier molecular flexibility index (Phi) is 5.45. The lowest BCUT2D eigenvalue weighted by molar-refractivity contribution is 0.122. The minimum Gasteiger partial charge on any atom is -0.380 e. The molecule has 128 valence electrons. The van der Waals surface area contributed by atoms with Crippen LogP contribution in [0.2, 0.25) is 0 Å². The first-order chi connectivity index (χ1) is 11.7. The normalized spacial score (nSPS) is 18.8. The van der Waals surface area contributed by atoms with E-state index in [1.807, 2.05) is 30.3 Å². The number of amides is 2. The Bertz CT molecular complexity index is 659. The Hall–Kier alpha value is -2.38. The van der Waals surface area contributed by atoms with Gasteiger partial charge in [-0.1, -0.05) is 12.1 Å². The molecule has 3 rings (SSSR count). The maximum atomic E-state index is 12.1. The molecule has 0 aliphatic carbocycles. The quantitative estimate of drug-likeness (QED) is 0.798. The van der Waals surface area contributed by atoms with E-state index >= 15 is 0 Å². The van der Waals surface area contributed by atoms with Crippen LogP contribution in [0, 0.1) is 5.92 Å². The number of likely N-dealkylation sites (N-methyl/N-ethyl adjacent to an activating group) is 1. The zero-order valence-corrected chi connectivity index (χ0v) is 13.8. The van der Waals surface area contributed by atoms with Crippen molar-refractivity contribution in [2.24, 2.45) is 5.92 Å². The van der Waals surface area contributed by atoms with Crippen LogP contribution in [0.1, 0.15) is 0 Å². The van der Waals surface area contributed by atoms with Gasteiger partial charge in [0.1, 0.15) is 0 Å². The number of anilines is 1. The molecule has 1 saturated heterocycles. The molecule has 1 aliphatic heterocycles. The van der Waals surface area contributed by atoms with Gasteiger partial charge in [0.2, 0.25) is 0 Å². The fourth-order valence-electron chi connectivity index (χ4n) is 2.77. The molecule has 2 aromatic rings. The standard InChI is InChI=1S/C17H23N5O2/c1-22-7-8-24-12-13(11-22)10-18-17(23)20-15-4-2-3-14(9-15)16-5-6-19-21-16/h2-6,9,13H,7-8,10-12H2,1H3,(H,19,21)(H2,18,20,23). The fourth-order valence-corrected chi connectivity index (χ4v) is 2.77. The third kappa shape index (κ3) is 4.56. The molecule has 24 heavy (non-hydrogen) atoms. The van der Waals surface area contributed by atoms with E-state index in [0.717, 1.165) is 36.6 Å². The highest BCUT2D eigenvalue weighted by Crippen LogP contribution is 2.20. The molecule has 0 saturated carbocycles. The predicted octanol–water partition coefficient (Wildman–Crippen LogP) is 1.78. The average molecular weight is 329 g/mol. The predicted molar refractivity (Wildman–Crippen MR) is 92.9 cm³/mol. The average Bonchev–Trinajstić information content (AvgIpc) is 3.03. The summed E-state index contributed by atoms with van der Waals surface area (Å²) in [7, 11) is 2.07. The van der Waals surface area contributed by atoms with Crippen LogP contribution in [0.15, 0.2) is 36.5 Å². The lowest BCUT2D eigenvalue weighted by Crippen LogP contribution is -2.37. The van der Waals surface area contributed by atoms with Crippen molar-refractivity contribution < 1.29 is 9.53 Å². The minimum absolute atomic E-state index is 0.205. The number of ether oxygens (including phenoxy) is 1. The summed E-state index contributed by atoms with van der Waals surface area (Å²) < 4.78 is 5.56. The van der Waals surface area contributed by atoms with E-state index in [1.165, 1.54) is 0 Å². The van der Waals surface area contributed by atoms with Gasteiger partial charge in [0, 0.05) is 43.0 Å². The van der Waals surface area contributed by atoms with Gasteiger partial charge in [-0.3, -0.25) is 5.10 Å². The number of carbonyl (C=O) groups excluding carboxylic acids is 1. The van der Waals surface area contributed by atoms with Crippen LogP contribution >= 0.6 is 0 Å². The monoisotopic (exact) mass is 329 g/mol. The van der Waals surface area contributed by atoms with E-state index in [0.29, 0.717) is 19.1 Å². The Morgan fingerprint density at radius 1 is 1.46 bits per heavy atom. The number of H-pyrrole nitrogens is 1. The minimum atomic E-state index is -0.205. The zero-order chi connectivity index (χ0) is 16.8. The number of nitrogens with zero attached hydrogens (tertiary/aromatic N) is 2.